The second kappa shape index (κ2) is 9.55. The zero-order valence-electron chi connectivity index (χ0n) is 13.6. The molecule has 0 bridgehead atoms. The summed E-state index contributed by atoms with van der Waals surface area (Å²) in [7, 11) is 0. The van der Waals surface area contributed by atoms with Gasteiger partial charge in [0, 0.05) is 29.2 Å². The first kappa shape index (κ1) is 17.8. The molecule has 1 aromatic rings. The molecule has 1 fully saturated rings. The van der Waals surface area contributed by atoms with E-state index in [1.807, 2.05) is 12.1 Å². The molecule has 126 valence electrons. The lowest BCUT2D eigenvalue weighted by atomic mass is 10.2. The van der Waals surface area contributed by atoms with Crippen LogP contribution in [-0.2, 0) is 0 Å². The van der Waals surface area contributed by atoms with Crippen LogP contribution >= 0.6 is 15.9 Å². The maximum Gasteiger partial charge on any atom is 0.251 e. The van der Waals surface area contributed by atoms with Gasteiger partial charge < -0.3 is 16.0 Å². The monoisotopic (exact) mass is 380 g/mol. The molecule has 0 spiro atoms. The van der Waals surface area contributed by atoms with Crippen LogP contribution in [-0.4, -0.2) is 37.5 Å². The van der Waals surface area contributed by atoms with Gasteiger partial charge in [-0.1, -0.05) is 28.8 Å². The zero-order chi connectivity index (χ0) is 16.5. The zero-order valence-corrected chi connectivity index (χ0v) is 15.2. The van der Waals surface area contributed by atoms with Crippen molar-refractivity contribution in [2.75, 3.05) is 19.6 Å². The van der Waals surface area contributed by atoms with E-state index in [1.165, 1.54) is 25.7 Å². The summed E-state index contributed by atoms with van der Waals surface area (Å²) in [6.45, 7) is 3.98. The molecule has 1 aromatic carbocycles. The fraction of sp³-hybridized carbons (Fsp3) is 0.529. The number of aliphatic imine (C=N–C) groups is 1. The molecule has 0 aromatic heterocycles. The molecule has 3 N–H and O–H groups in total. The van der Waals surface area contributed by atoms with Crippen LogP contribution in [0.2, 0.25) is 0 Å². The van der Waals surface area contributed by atoms with E-state index in [0.29, 0.717) is 24.7 Å². The van der Waals surface area contributed by atoms with Crippen molar-refractivity contribution in [3.8, 4) is 0 Å². The summed E-state index contributed by atoms with van der Waals surface area (Å²) in [5.74, 6) is 0.777. The second-order valence-electron chi connectivity index (χ2n) is 5.65. The van der Waals surface area contributed by atoms with Crippen LogP contribution in [0.15, 0.2) is 33.7 Å². The molecule has 0 radical (unpaired) electrons. The number of amides is 1. The van der Waals surface area contributed by atoms with E-state index < -0.39 is 0 Å². The van der Waals surface area contributed by atoms with Crippen molar-refractivity contribution in [2.45, 2.75) is 38.6 Å². The highest BCUT2D eigenvalue weighted by Gasteiger charge is 2.15. The van der Waals surface area contributed by atoms with Crippen LogP contribution in [0, 0.1) is 0 Å². The Morgan fingerprint density at radius 2 is 1.91 bits per heavy atom. The lowest BCUT2D eigenvalue weighted by Crippen LogP contribution is -2.42. The molecule has 0 saturated heterocycles. The fourth-order valence-electron chi connectivity index (χ4n) is 2.62. The van der Waals surface area contributed by atoms with Crippen LogP contribution in [0.1, 0.15) is 43.0 Å². The van der Waals surface area contributed by atoms with E-state index in [2.05, 4.69) is 43.8 Å². The van der Waals surface area contributed by atoms with Gasteiger partial charge in [-0.05, 0) is 44.0 Å². The molecule has 23 heavy (non-hydrogen) atoms. The summed E-state index contributed by atoms with van der Waals surface area (Å²) in [4.78, 5) is 16.5. The topological polar surface area (TPSA) is 65.5 Å². The molecule has 1 saturated carbocycles. The maximum atomic E-state index is 12.0. The van der Waals surface area contributed by atoms with Crippen LogP contribution < -0.4 is 16.0 Å². The van der Waals surface area contributed by atoms with Crippen LogP contribution in [0.25, 0.3) is 0 Å². The Morgan fingerprint density at radius 1 is 1.22 bits per heavy atom. The number of guanidine groups is 1. The van der Waals surface area contributed by atoms with Gasteiger partial charge in [-0.2, -0.15) is 0 Å². The van der Waals surface area contributed by atoms with Gasteiger partial charge in [0.15, 0.2) is 5.96 Å². The SMILES string of the molecule is CCNC(=NCCNC(=O)c1ccc(Br)cc1)NC1CCCC1. The smallest absolute Gasteiger partial charge is 0.251 e. The molecule has 1 amide bonds. The van der Waals surface area contributed by atoms with Crippen LogP contribution in [0.4, 0.5) is 0 Å². The van der Waals surface area contributed by atoms with Gasteiger partial charge in [0.25, 0.3) is 5.91 Å². The van der Waals surface area contributed by atoms with Gasteiger partial charge in [0.05, 0.1) is 6.54 Å². The van der Waals surface area contributed by atoms with Gasteiger partial charge in [-0.15, -0.1) is 0 Å². The standard InChI is InChI=1S/C17H25BrN4O/c1-2-19-17(22-15-5-3-4-6-15)21-12-11-20-16(23)13-7-9-14(18)10-8-13/h7-10,15H,2-6,11-12H2,1H3,(H,20,23)(H2,19,21,22). The minimum absolute atomic E-state index is 0.0681. The summed E-state index contributed by atoms with van der Waals surface area (Å²) in [5, 5.41) is 9.61. The molecule has 6 heteroatoms. The average molecular weight is 381 g/mol. The van der Waals surface area contributed by atoms with Gasteiger partial charge in [-0.3, -0.25) is 9.79 Å². The number of halogens is 1. The number of rotatable bonds is 6. The maximum absolute atomic E-state index is 12.0. The van der Waals surface area contributed by atoms with Crippen molar-refractivity contribution < 1.29 is 4.79 Å². The summed E-state index contributed by atoms with van der Waals surface area (Å²) in [6, 6.07) is 7.86. The second-order valence-corrected chi connectivity index (χ2v) is 6.56. The Labute approximate surface area is 146 Å². The third kappa shape index (κ3) is 6.22. The number of carbonyl (C=O) groups is 1. The van der Waals surface area contributed by atoms with E-state index in [-0.39, 0.29) is 5.91 Å². The summed E-state index contributed by atoms with van der Waals surface area (Å²) in [6.07, 6.45) is 5.01. The Kier molecular flexibility index (Phi) is 7.39. The number of hydrogen-bond donors (Lipinski definition) is 3. The van der Waals surface area contributed by atoms with Gasteiger partial charge in [-0.25, -0.2) is 0 Å². The number of nitrogens with zero attached hydrogens (tertiary/aromatic N) is 1. The number of benzene rings is 1. The third-order valence-corrected chi connectivity index (χ3v) is 4.34. The summed E-state index contributed by atoms with van der Waals surface area (Å²) in [5.41, 5.74) is 0.660. The Hall–Kier alpha value is -1.56. The first-order valence-electron chi connectivity index (χ1n) is 8.27. The van der Waals surface area contributed by atoms with E-state index in [0.717, 1.165) is 17.0 Å². The molecule has 1 aliphatic carbocycles. The lowest BCUT2D eigenvalue weighted by molar-refractivity contribution is 0.0955. The third-order valence-electron chi connectivity index (χ3n) is 3.81. The fourth-order valence-corrected chi connectivity index (χ4v) is 2.89. The van der Waals surface area contributed by atoms with E-state index in [1.54, 1.807) is 12.1 Å². The number of carbonyl (C=O) groups excluding carboxylic acids is 1. The molecule has 2 rings (SSSR count). The van der Waals surface area contributed by atoms with Gasteiger partial charge >= 0.3 is 0 Å². The van der Waals surface area contributed by atoms with Crippen molar-refractivity contribution in [3.05, 3.63) is 34.3 Å². The molecule has 1 aliphatic rings. The quantitative estimate of drug-likeness (QED) is 0.403. The molecule has 0 aliphatic heterocycles. The normalized spacial score (nSPS) is 15.5. The molecule has 0 heterocycles. The predicted molar refractivity (Wildman–Crippen MR) is 97.8 cm³/mol. The number of nitrogens with one attached hydrogen (secondary N) is 3. The average Bonchev–Trinajstić information content (AvgIpc) is 3.05. The Morgan fingerprint density at radius 3 is 2.57 bits per heavy atom. The van der Waals surface area contributed by atoms with Gasteiger partial charge in [0.2, 0.25) is 0 Å². The first-order chi connectivity index (χ1) is 11.2. The van der Waals surface area contributed by atoms with Crippen molar-refractivity contribution in [1.29, 1.82) is 0 Å². The van der Waals surface area contributed by atoms with Crippen molar-refractivity contribution in [1.82, 2.24) is 16.0 Å². The minimum Gasteiger partial charge on any atom is -0.357 e. The molecule has 5 nitrogen and oxygen atoms in total. The highest BCUT2D eigenvalue weighted by Crippen LogP contribution is 2.17. The largest absolute Gasteiger partial charge is 0.357 e. The summed E-state index contributed by atoms with van der Waals surface area (Å²) < 4.78 is 0.965. The van der Waals surface area contributed by atoms with Gasteiger partial charge in [0.1, 0.15) is 0 Å². The molecule has 0 atom stereocenters. The summed E-state index contributed by atoms with van der Waals surface area (Å²) >= 11 is 3.36. The van der Waals surface area contributed by atoms with Crippen molar-refractivity contribution >= 4 is 27.8 Å². The highest BCUT2D eigenvalue weighted by atomic mass is 79.9. The molecule has 0 unspecified atom stereocenters. The minimum atomic E-state index is -0.0681. The molecular formula is C17H25BrN4O. The van der Waals surface area contributed by atoms with Crippen molar-refractivity contribution in [3.63, 3.8) is 0 Å². The molecular weight excluding hydrogens is 356 g/mol. The first-order valence-corrected chi connectivity index (χ1v) is 9.07. The number of hydrogen-bond acceptors (Lipinski definition) is 2. The van der Waals surface area contributed by atoms with Crippen LogP contribution in [0.3, 0.4) is 0 Å². The lowest BCUT2D eigenvalue weighted by Gasteiger charge is -2.16. The Balaban J connectivity index is 1.76. The van der Waals surface area contributed by atoms with Crippen molar-refractivity contribution in [2.24, 2.45) is 4.99 Å². The highest BCUT2D eigenvalue weighted by molar-refractivity contribution is 9.10. The van der Waals surface area contributed by atoms with Crippen LogP contribution in [0.5, 0.6) is 0 Å². The van der Waals surface area contributed by atoms with E-state index >= 15 is 0 Å². The van der Waals surface area contributed by atoms with E-state index in [9.17, 15) is 4.79 Å². The Bertz CT molecular complexity index is 524. The predicted octanol–water partition coefficient (Wildman–Crippen LogP) is 2.68. The van der Waals surface area contributed by atoms with E-state index in [4.69, 9.17) is 0 Å².